The fourth-order valence-corrected chi connectivity index (χ4v) is 2.19. The number of halogens is 3. The Kier molecular flexibility index (Phi) is 2.77. The summed E-state index contributed by atoms with van der Waals surface area (Å²) >= 11 is 0. The molecule has 0 saturated heterocycles. The van der Waals surface area contributed by atoms with Gasteiger partial charge in [0.25, 0.3) is 0 Å². The van der Waals surface area contributed by atoms with Gasteiger partial charge in [-0.1, -0.05) is 6.07 Å². The summed E-state index contributed by atoms with van der Waals surface area (Å²) in [6.07, 6.45) is -3.95. The Morgan fingerprint density at radius 1 is 1.24 bits per heavy atom. The Hall–Kier alpha value is -2.42. The van der Waals surface area contributed by atoms with Gasteiger partial charge in [-0.15, -0.1) is 0 Å². The summed E-state index contributed by atoms with van der Waals surface area (Å²) in [6, 6.07) is 4.24. The van der Waals surface area contributed by atoms with Crippen LogP contribution in [0.5, 0.6) is 11.5 Å². The van der Waals surface area contributed by atoms with Crippen LogP contribution in [0.4, 0.5) is 13.2 Å². The number of hydrogen-bond acceptors (Lipinski definition) is 6. The van der Waals surface area contributed by atoms with Gasteiger partial charge in [-0.3, -0.25) is 5.73 Å². The fraction of sp³-hybridized carbons (Fsp3) is 0.250. The Bertz CT molecular complexity index is 656. The number of benzene rings is 1. The highest BCUT2D eigenvalue weighted by molar-refractivity contribution is 5.81. The maximum Gasteiger partial charge on any atom is 0.418 e. The molecular formula is C12H11F3N4O2. The lowest BCUT2D eigenvalue weighted by atomic mass is 9.91. The van der Waals surface area contributed by atoms with Crippen molar-refractivity contribution < 1.29 is 22.6 Å². The van der Waals surface area contributed by atoms with Crippen LogP contribution >= 0.6 is 0 Å². The lowest BCUT2D eigenvalue weighted by Crippen LogP contribution is -2.49. The van der Waals surface area contributed by atoms with E-state index in [1.54, 1.807) is 0 Å². The lowest BCUT2D eigenvalue weighted by molar-refractivity contribution is -0.102. The van der Waals surface area contributed by atoms with Crippen molar-refractivity contribution in [3.05, 3.63) is 35.5 Å². The average molecular weight is 300 g/mol. The molecule has 0 amide bonds. The third kappa shape index (κ3) is 2.15. The summed E-state index contributed by atoms with van der Waals surface area (Å²) < 4.78 is 49.8. The standard InChI is InChI=1S/C12H11F3N4O2/c13-12(14,15)9-4-18-10(16)19-11(9,17)6-1-2-7-8(3-6)21-5-20-7/h1-4H,5,17H2,(H3,16,18,19). The molecule has 0 aromatic heterocycles. The zero-order valence-corrected chi connectivity index (χ0v) is 10.6. The maximum atomic E-state index is 13.2. The molecule has 9 heteroatoms. The molecule has 1 aromatic carbocycles. The van der Waals surface area contributed by atoms with Gasteiger partial charge in [0.1, 0.15) is 0 Å². The minimum Gasteiger partial charge on any atom is -0.454 e. The van der Waals surface area contributed by atoms with Crippen molar-refractivity contribution in [1.29, 1.82) is 0 Å². The zero-order valence-electron chi connectivity index (χ0n) is 10.6. The Morgan fingerprint density at radius 3 is 2.67 bits per heavy atom. The van der Waals surface area contributed by atoms with Crippen LogP contribution < -0.4 is 26.3 Å². The van der Waals surface area contributed by atoms with Crippen molar-refractivity contribution >= 4 is 5.96 Å². The Labute approximate surface area is 117 Å². The van der Waals surface area contributed by atoms with E-state index in [-0.39, 0.29) is 18.3 Å². The Balaban J connectivity index is 2.12. The van der Waals surface area contributed by atoms with E-state index in [1.165, 1.54) is 18.2 Å². The number of hydrogen-bond donors (Lipinski definition) is 3. The first-order valence-electron chi connectivity index (χ1n) is 5.89. The second-order valence-corrected chi connectivity index (χ2v) is 4.53. The molecule has 3 rings (SSSR count). The molecular weight excluding hydrogens is 289 g/mol. The predicted molar refractivity (Wildman–Crippen MR) is 67.3 cm³/mol. The lowest BCUT2D eigenvalue weighted by Gasteiger charge is -2.33. The fourth-order valence-electron chi connectivity index (χ4n) is 2.19. The first-order chi connectivity index (χ1) is 9.80. The molecule has 1 aromatic rings. The maximum absolute atomic E-state index is 13.2. The van der Waals surface area contributed by atoms with E-state index in [2.05, 4.69) is 10.3 Å². The van der Waals surface area contributed by atoms with Crippen LogP contribution in [-0.2, 0) is 5.66 Å². The van der Waals surface area contributed by atoms with Gasteiger partial charge in [-0.05, 0) is 12.1 Å². The van der Waals surface area contributed by atoms with Crippen LogP contribution in [0.25, 0.3) is 0 Å². The zero-order chi connectivity index (χ0) is 15.3. The minimum absolute atomic E-state index is 0.00525. The van der Waals surface area contributed by atoms with Gasteiger partial charge in [0, 0.05) is 11.8 Å². The van der Waals surface area contributed by atoms with Crippen LogP contribution in [0, 0.1) is 0 Å². The molecule has 0 aliphatic carbocycles. The summed E-state index contributed by atoms with van der Waals surface area (Å²) in [5, 5.41) is 2.23. The third-order valence-corrected chi connectivity index (χ3v) is 3.19. The largest absolute Gasteiger partial charge is 0.454 e. The molecule has 0 fully saturated rings. The van der Waals surface area contributed by atoms with Crippen molar-refractivity contribution in [1.82, 2.24) is 5.32 Å². The molecule has 1 atom stereocenters. The first kappa shape index (κ1) is 13.6. The van der Waals surface area contributed by atoms with Gasteiger partial charge in [0.15, 0.2) is 23.1 Å². The van der Waals surface area contributed by atoms with Gasteiger partial charge in [0.2, 0.25) is 6.79 Å². The highest BCUT2D eigenvalue weighted by atomic mass is 19.4. The van der Waals surface area contributed by atoms with Crippen LogP contribution in [-0.4, -0.2) is 18.9 Å². The number of rotatable bonds is 1. The molecule has 2 heterocycles. The van der Waals surface area contributed by atoms with E-state index >= 15 is 0 Å². The molecule has 0 spiro atoms. The molecule has 0 bridgehead atoms. The number of alkyl halides is 3. The number of ether oxygens (including phenoxy) is 2. The van der Waals surface area contributed by atoms with Gasteiger partial charge in [0.05, 0.1) is 5.57 Å². The molecule has 6 nitrogen and oxygen atoms in total. The van der Waals surface area contributed by atoms with E-state index in [0.29, 0.717) is 17.7 Å². The first-order valence-corrected chi connectivity index (χ1v) is 5.89. The average Bonchev–Trinajstić information content (AvgIpc) is 2.83. The second-order valence-electron chi connectivity index (χ2n) is 4.53. The summed E-state index contributed by atoms with van der Waals surface area (Å²) in [5.41, 5.74) is 8.26. The Morgan fingerprint density at radius 2 is 1.95 bits per heavy atom. The second kappa shape index (κ2) is 4.29. The SMILES string of the molecule is NC1=NC(N)(c2ccc3c(c2)OCO3)C(C(F)(F)F)=CN1. The van der Waals surface area contributed by atoms with Crippen LogP contribution in [0.3, 0.4) is 0 Å². The van der Waals surface area contributed by atoms with Gasteiger partial charge in [-0.25, -0.2) is 4.99 Å². The van der Waals surface area contributed by atoms with Gasteiger partial charge < -0.3 is 20.5 Å². The normalized spacial score (nSPS) is 24.2. The molecule has 112 valence electrons. The van der Waals surface area contributed by atoms with E-state index in [4.69, 9.17) is 20.9 Å². The molecule has 21 heavy (non-hydrogen) atoms. The number of fused-ring (bicyclic) bond motifs is 1. The van der Waals surface area contributed by atoms with Crippen LogP contribution in [0.2, 0.25) is 0 Å². The van der Waals surface area contributed by atoms with Crippen molar-refractivity contribution in [3.63, 3.8) is 0 Å². The molecule has 0 radical (unpaired) electrons. The monoisotopic (exact) mass is 300 g/mol. The molecule has 0 saturated carbocycles. The van der Waals surface area contributed by atoms with Crippen molar-refractivity contribution in [3.8, 4) is 11.5 Å². The van der Waals surface area contributed by atoms with Gasteiger partial charge >= 0.3 is 6.18 Å². The number of aliphatic imine (C=N–C) groups is 1. The number of nitrogens with zero attached hydrogens (tertiary/aromatic N) is 1. The predicted octanol–water partition coefficient (Wildman–Crippen LogP) is 0.891. The highest BCUT2D eigenvalue weighted by Gasteiger charge is 2.49. The quantitative estimate of drug-likeness (QED) is 0.716. The van der Waals surface area contributed by atoms with E-state index in [1.807, 2.05) is 0 Å². The number of nitrogens with two attached hydrogens (primary N) is 2. The minimum atomic E-state index is -4.66. The number of guanidine groups is 1. The summed E-state index contributed by atoms with van der Waals surface area (Å²) in [5.74, 6) is 0.542. The molecule has 5 N–H and O–H groups in total. The topological polar surface area (TPSA) is 94.9 Å². The smallest absolute Gasteiger partial charge is 0.418 e. The summed E-state index contributed by atoms with van der Waals surface area (Å²) in [4.78, 5) is 3.73. The highest BCUT2D eigenvalue weighted by Crippen LogP contribution is 2.43. The van der Waals surface area contributed by atoms with Crippen molar-refractivity contribution in [2.24, 2.45) is 16.5 Å². The summed E-state index contributed by atoms with van der Waals surface area (Å²) in [6.45, 7) is 0.00525. The van der Waals surface area contributed by atoms with Gasteiger partial charge in [-0.2, -0.15) is 13.2 Å². The van der Waals surface area contributed by atoms with Crippen molar-refractivity contribution in [2.75, 3.05) is 6.79 Å². The molecule has 2 aliphatic heterocycles. The third-order valence-electron chi connectivity index (χ3n) is 3.19. The van der Waals surface area contributed by atoms with E-state index < -0.39 is 17.4 Å². The number of nitrogens with one attached hydrogen (secondary N) is 1. The molecule has 1 unspecified atom stereocenters. The van der Waals surface area contributed by atoms with E-state index in [9.17, 15) is 13.2 Å². The summed E-state index contributed by atoms with van der Waals surface area (Å²) in [7, 11) is 0. The van der Waals surface area contributed by atoms with Crippen molar-refractivity contribution in [2.45, 2.75) is 11.8 Å². The molecule has 2 aliphatic rings. The van der Waals surface area contributed by atoms with Crippen LogP contribution in [0.15, 0.2) is 35.0 Å². The van der Waals surface area contributed by atoms with Crippen LogP contribution in [0.1, 0.15) is 5.56 Å². The van der Waals surface area contributed by atoms with E-state index in [0.717, 1.165) is 0 Å².